The van der Waals surface area contributed by atoms with Crippen molar-refractivity contribution in [3.8, 4) is 0 Å². The molecule has 48 valence electrons. The van der Waals surface area contributed by atoms with Crippen LogP contribution in [0.1, 0.15) is 0 Å². The van der Waals surface area contributed by atoms with E-state index in [0.29, 0.717) is 5.75 Å². The summed E-state index contributed by atoms with van der Waals surface area (Å²) in [6.45, 7) is -0.419. The lowest BCUT2D eigenvalue weighted by Gasteiger charge is -2.03. The Bertz CT molecular complexity index is 78.4. The number of nitrogens with one attached hydrogen (secondary N) is 1. The smallest absolute Gasteiger partial charge is 0.0984 e. The van der Waals surface area contributed by atoms with Crippen LogP contribution in [0.5, 0.6) is 0 Å². The topological polar surface area (TPSA) is 46.9 Å². The average molecular weight is 135 g/mol. The standard InChI is InChI=1S/C4H8FNOS/c5-1-2-8-3-4(6)7/h1-3H2,(H2,6,7)/p-1/i5-1. The molecular weight excluding hydrogens is 128 g/mol. The highest BCUT2D eigenvalue weighted by atomic mass is 32.2. The molecule has 0 aromatic rings. The van der Waals surface area contributed by atoms with Crippen molar-refractivity contribution in [1.82, 2.24) is 0 Å². The molecule has 0 unspecified atom stereocenters. The molecule has 0 heterocycles. The molecule has 8 heavy (non-hydrogen) atoms. The molecule has 0 radical (unpaired) electrons. The average Bonchev–Trinajstić information content (AvgIpc) is 1.66. The van der Waals surface area contributed by atoms with E-state index in [4.69, 9.17) is 5.41 Å². The van der Waals surface area contributed by atoms with Crippen LogP contribution < -0.4 is 5.11 Å². The summed E-state index contributed by atoms with van der Waals surface area (Å²) < 4.78 is 11.3. The number of hydrogen-bond acceptors (Lipinski definition) is 3. The first-order chi connectivity index (χ1) is 3.77. The van der Waals surface area contributed by atoms with Crippen LogP contribution in [0.4, 0.5) is 4.39 Å². The van der Waals surface area contributed by atoms with Gasteiger partial charge >= 0.3 is 0 Å². The third kappa shape index (κ3) is 5.75. The number of hydrogen-bond donors (Lipinski definition) is 1. The maximum Gasteiger partial charge on any atom is 0.0984 e. The van der Waals surface area contributed by atoms with E-state index < -0.39 is 12.6 Å². The monoisotopic (exact) mass is 135 g/mol. The lowest BCUT2D eigenvalue weighted by Crippen LogP contribution is -2.18. The highest BCUT2D eigenvalue weighted by Crippen LogP contribution is 1.96. The molecule has 0 spiro atoms. The van der Waals surface area contributed by atoms with Crippen LogP contribution in [0, 0.1) is 5.41 Å². The third-order valence-electron chi connectivity index (χ3n) is 0.455. The molecule has 2 nitrogen and oxygen atoms in total. The van der Waals surface area contributed by atoms with Crippen molar-refractivity contribution in [3.63, 3.8) is 0 Å². The Morgan fingerprint density at radius 2 is 2.38 bits per heavy atom. The van der Waals surface area contributed by atoms with E-state index in [1.165, 1.54) is 0 Å². The number of halogens is 1. The van der Waals surface area contributed by atoms with Crippen molar-refractivity contribution in [2.45, 2.75) is 0 Å². The SMILES string of the molecule is N=C([O-])CSCC[18F]. The molecule has 4 heteroatoms. The Hall–Kier alpha value is -0.250. The molecule has 0 saturated heterocycles. The first-order valence-corrected chi connectivity index (χ1v) is 3.31. The van der Waals surface area contributed by atoms with Crippen LogP contribution >= 0.6 is 11.8 Å². The van der Waals surface area contributed by atoms with Crippen molar-refractivity contribution in [2.24, 2.45) is 0 Å². The van der Waals surface area contributed by atoms with Gasteiger partial charge < -0.3 is 10.5 Å². The molecule has 0 fully saturated rings. The molecule has 0 aromatic carbocycles. The molecule has 0 atom stereocenters. The van der Waals surface area contributed by atoms with Crippen molar-refractivity contribution < 1.29 is 9.50 Å². The lowest BCUT2D eigenvalue weighted by atomic mass is 10.8. The summed E-state index contributed by atoms with van der Waals surface area (Å²) in [4.78, 5) is 0. The highest BCUT2D eigenvalue weighted by Gasteiger charge is 1.83. The van der Waals surface area contributed by atoms with Crippen LogP contribution in [0.3, 0.4) is 0 Å². The normalized spacial score (nSPS) is 9.12. The third-order valence-corrected chi connectivity index (χ3v) is 1.36. The lowest BCUT2D eigenvalue weighted by molar-refractivity contribution is -0.216. The van der Waals surface area contributed by atoms with Crippen molar-refractivity contribution in [1.29, 1.82) is 5.41 Å². The van der Waals surface area contributed by atoms with E-state index in [2.05, 4.69) is 0 Å². The molecule has 0 aliphatic carbocycles. The van der Waals surface area contributed by atoms with Gasteiger partial charge in [0, 0.05) is 11.5 Å². The summed E-state index contributed by atoms with van der Waals surface area (Å²) in [7, 11) is 0. The molecule has 0 aromatic heterocycles. The van der Waals surface area contributed by atoms with Crippen molar-refractivity contribution >= 4 is 17.7 Å². The van der Waals surface area contributed by atoms with Crippen LogP contribution in [0.2, 0.25) is 0 Å². The van der Waals surface area contributed by atoms with Gasteiger partial charge in [0.1, 0.15) is 0 Å². The van der Waals surface area contributed by atoms with Gasteiger partial charge in [-0.25, -0.2) is 0 Å². The van der Waals surface area contributed by atoms with Crippen molar-refractivity contribution in [3.05, 3.63) is 0 Å². The summed E-state index contributed by atoms with van der Waals surface area (Å²) in [5.74, 6) is -0.197. The minimum Gasteiger partial charge on any atom is -0.862 e. The van der Waals surface area contributed by atoms with Crippen molar-refractivity contribution in [2.75, 3.05) is 18.2 Å². The molecular formula is C4H7FNOS-. The predicted molar refractivity (Wildman–Crippen MR) is 31.0 cm³/mol. The Labute approximate surface area is 51.6 Å². The highest BCUT2D eigenvalue weighted by molar-refractivity contribution is 7.99. The molecule has 0 bridgehead atoms. The summed E-state index contributed by atoms with van der Waals surface area (Å²) in [5.41, 5.74) is 0. The minimum atomic E-state index is -0.636. The fourth-order valence-corrected chi connectivity index (χ4v) is 0.658. The van der Waals surface area contributed by atoms with Crippen LogP contribution in [-0.4, -0.2) is 24.1 Å². The summed E-state index contributed by atoms with van der Waals surface area (Å²) in [6, 6.07) is 0. The van der Waals surface area contributed by atoms with E-state index >= 15 is 0 Å². The van der Waals surface area contributed by atoms with Gasteiger partial charge in [0.05, 0.1) is 6.67 Å². The Morgan fingerprint density at radius 3 is 2.75 bits per heavy atom. The van der Waals surface area contributed by atoms with E-state index in [0.717, 1.165) is 11.8 Å². The second-order valence-electron chi connectivity index (χ2n) is 1.16. The Morgan fingerprint density at radius 1 is 1.75 bits per heavy atom. The molecule has 0 amide bonds. The van der Waals surface area contributed by atoms with E-state index in [-0.39, 0.29) is 5.75 Å². The number of thioether (sulfide) groups is 1. The van der Waals surface area contributed by atoms with Gasteiger partial charge in [0.15, 0.2) is 0 Å². The van der Waals surface area contributed by atoms with Gasteiger partial charge in [-0.2, -0.15) is 11.8 Å². The zero-order valence-corrected chi connectivity index (χ0v) is 5.13. The molecule has 0 rings (SSSR count). The van der Waals surface area contributed by atoms with Gasteiger partial charge in [-0.1, -0.05) is 0 Å². The molecule has 0 aliphatic heterocycles. The quantitative estimate of drug-likeness (QED) is 0.336. The number of rotatable bonds is 4. The fraction of sp³-hybridized carbons (Fsp3) is 0.750. The summed E-state index contributed by atoms with van der Waals surface area (Å²) >= 11 is 1.15. The van der Waals surface area contributed by atoms with Gasteiger partial charge in [-0.15, -0.1) is 0 Å². The maximum atomic E-state index is 11.3. The van der Waals surface area contributed by atoms with E-state index in [1.54, 1.807) is 0 Å². The maximum absolute atomic E-state index is 11.3. The first-order valence-electron chi connectivity index (χ1n) is 2.15. The summed E-state index contributed by atoms with van der Waals surface area (Å²) in [5, 5.41) is 16.2. The van der Waals surface area contributed by atoms with Gasteiger partial charge in [-0.3, -0.25) is 4.39 Å². The zero-order chi connectivity index (χ0) is 6.41. The predicted octanol–water partition coefficient (Wildman–Crippen LogP) is 0.0267. The van der Waals surface area contributed by atoms with Crippen LogP contribution in [-0.2, 0) is 0 Å². The fourth-order valence-electron chi connectivity index (χ4n) is 0.219. The van der Waals surface area contributed by atoms with Gasteiger partial charge in [0.25, 0.3) is 0 Å². The van der Waals surface area contributed by atoms with Gasteiger partial charge in [0.2, 0.25) is 0 Å². The second kappa shape index (κ2) is 4.90. The van der Waals surface area contributed by atoms with E-state index in [1.807, 2.05) is 0 Å². The largest absolute Gasteiger partial charge is 0.862 e. The Balaban J connectivity index is 2.82. The minimum absolute atomic E-state index is 0.115. The summed E-state index contributed by atoms with van der Waals surface area (Å²) in [6.07, 6.45) is 0. The van der Waals surface area contributed by atoms with Gasteiger partial charge in [-0.05, 0) is 5.90 Å². The number of alkyl halides is 1. The zero-order valence-electron chi connectivity index (χ0n) is 4.32. The Kier molecular flexibility index (Phi) is 4.75. The van der Waals surface area contributed by atoms with Crippen LogP contribution in [0.15, 0.2) is 0 Å². The van der Waals surface area contributed by atoms with Crippen LogP contribution in [0.25, 0.3) is 0 Å². The first kappa shape index (κ1) is 7.75. The molecule has 0 aliphatic rings. The second-order valence-corrected chi connectivity index (χ2v) is 2.27. The molecule has 0 saturated carbocycles. The molecule has 1 N–H and O–H groups in total. The van der Waals surface area contributed by atoms with E-state index in [9.17, 15) is 9.50 Å².